The lowest BCUT2D eigenvalue weighted by atomic mass is 10.6. The number of rotatable bonds is 4. The third kappa shape index (κ3) is 2.54. The lowest BCUT2D eigenvalue weighted by Crippen LogP contribution is -2.22. The van der Waals surface area contributed by atoms with Gasteiger partial charge in [-0.05, 0) is 18.4 Å². The van der Waals surface area contributed by atoms with E-state index in [1.54, 1.807) is 22.0 Å². The summed E-state index contributed by atoms with van der Waals surface area (Å²) in [6, 6.07) is 3.28. The fourth-order valence-electron chi connectivity index (χ4n) is 1.57. The summed E-state index contributed by atoms with van der Waals surface area (Å²) in [7, 11) is -3.44. The molecule has 0 saturated carbocycles. The molecule has 0 spiro atoms. The maximum atomic E-state index is 11.9. The molecule has 0 amide bonds. The smallest absolute Gasteiger partial charge is 0.223 e. The van der Waals surface area contributed by atoms with Crippen LogP contribution in [0, 0.1) is 6.92 Å². The number of hydrogen-bond donors (Lipinski definition) is 1. The van der Waals surface area contributed by atoms with E-state index in [0.717, 1.165) is 10.7 Å². The fraction of sp³-hybridized carbons (Fsp3) is 0.200. The molecule has 0 saturated heterocycles. The van der Waals surface area contributed by atoms with Gasteiger partial charge in [-0.15, -0.1) is 11.3 Å². The number of nitrogens with one attached hydrogen (secondary N) is 1. The van der Waals surface area contributed by atoms with Crippen LogP contribution in [0.25, 0.3) is 4.96 Å². The van der Waals surface area contributed by atoms with Gasteiger partial charge in [0.1, 0.15) is 9.22 Å². The molecule has 0 radical (unpaired) electrons. The molecular weight excluding hydrogens is 304 g/mol. The van der Waals surface area contributed by atoms with Crippen LogP contribution in [0.3, 0.4) is 0 Å². The second-order valence-corrected chi connectivity index (χ2v) is 7.84. The first-order valence-electron chi connectivity index (χ1n) is 5.39. The standard InChI is InChI=1S/C10H10N4O2S3/c1-7-6-14-10(12-7)18-8(13-14)5-11-19(15,16)9-3-2-4-17-9/h2-4,6,11H,5H2,1H3. The number of nitrogens with zero attached hydrogens (tertiary/aromatic N) is 3. The first-order valence-corrected chi connectivity index (χ1v) is 8.57. The van der Waals surface area contributed by atoms with E-state index in [0.29, 0.717) is 9.22 Å². The van der Waals surface area contributed by atoms with Gasteiger partial charge in [0.05, 0.1) is 18.4 Å². The van der Waals surface area contributed by atoms with Gasteiger partial charge in [-0.25, -0.2) is 22.6 Å². The summed E-state index contributed by atoms with van der Waals surface area (Å²) >= 11 is 2.56. The Balaban J connectivity index is 1.77. The van der Waals surface area contributed by atoms with Crippen molar-refractivity contribution in [3.8, 4) is 0 Å². The van der Waals surface area contributed by atoms with Crippen LogP contribution in [0.2, 0.25) is 0 Å². The zero-order valence-electron chi connectivity index (χ0n) is 9.90. The summed E-state index contributed by atoms with van der Waals surface area (Å²) in [6.45, 7) is 2.06. The molecule has 0 unspecified atom stereocenters. The van der Waals surface area contributed by atoms with E-state index in [4.69, 9.17) is 0 Å². The van der Waals surface area contributed by atoms with Crippen molar-refractivity contribution < 1.29 is 8.42 Å². The zero-order valence-corrected chi connectivity index (χ0v) is 12.3. The highest BCUT2D eigenvalue weighted by atomic mass is 32.2. The highest BCUT2D eigenvalue weighted by Gasteiger charge is 2.16. The van der Waals surface area contributed by atoms with E-state index in [-0.39, 0.29) is 6.54 Å². The maximum Gasteiger partial charge on any atom is 0.250 e. The van der Waals surface area contributed by atoms with Crippen molar-refractivity contribution in [2.75, 3.05) is 0 Å². The maximum absolute atomic E-state index is 11.9. The largest absolute Gasteiger partial charge is 0.250 e. The van der Waals surface area contributed by atoms with E-state index < -0.39 is 10.0 Å². The Hall–Kier alpha value is -1.29. The van der Waals surface area contributed by atoms with Crippen molar-refractivity contribution >= 4 is 37.7 Å². The number of thiophene rings is 1. The Morgan fingerprint density at radius 3 is 3.00 bits per heavy atom. The van der Waals surface area contributed by atoms with Gasteiger partial charge in [0.25, 0.3) is 0 Å². The van der Waals surface area contributed by atoms with Gasteiger partial charge >= 0.3 is 0 Å². The van der Waals surface area contributed by atoms with Crippen molar-refractivity contribution in [3.05, 3.63) is 34.4 Å². The summed E-state index contributed by atoms with van der Waals surface area (Å²) in [5, 5.41) is 6.68. The lowest BCUT2D eigenvalue weighted by Gasteiger charge is -2.01. The number of aryl methyl sites for hydroxylation is 1. The van der Waals surface area contributed by atoms with Crippen LogP contribution >= 0.6 is 22.7 Å². The summed E-state index contributed by atoms with van der Waals surface area (Å²) in [4.78, 5) is 5.04. The molecule has 100 valence electrons. The molecule has 3 heterocycles. The molecule has 3 aromatic heterocycles. The molecular formula is C10H10N4O2S3. The van der Waals surface area contributed by atoms with E-state index in [1.807, 2.05) is 13.1 Å². The molecule has 0 bridgehead atoms. The topological polar surface area (TPSA) is 76.4 Å². The highest BCUT2D eigenvalue weighted by Crippen LogP contribution is 2.18. The SMILES string of the molecule is Cc1cn2nc(CNS(=O)(=O)c3cccs3)sc2n1. The molecule has 3 rings (SSSR count). The van der Waals surface area contributed by atoms with Gasteiger partial charge in [-0.2, -0.15) is 5.10 Å². The molecule has 0 aromatic carbocycles. The second kappa shape index (κ2) is 4.67. The van der Waals surface area contributed by atoms with E-state index >= 15 is 0 Å². The van der Waals surface area contributed by atoms with Crippen molar-refractivity contribution in [1.29, 1.82) is 0 Å². The van der Waals surface area contributed by atoms with Gasteiger partial charge in [0.15, 0.2) is 0 Å². The van der Waals surface area contributed by atoms with Crippen LogP contribution < -0.4 is 4.72 Å². The molecule has 0 aliphatic carbocycles. The summed E-state index contributed by atoms with van der Waals surface area (Å²) in [6.07, 6.45) is 1.81. The summed E-state index contributed by atoms with van der Waals surface area (Å²) < 4.78 is 28.4. The quantitative estimate of drug-likeness (QED) is 0.794. The Morgan fingerprint density at radius 2 is 2.32 bits per heavy atom. The number of imidazole rings is 1. The molecule has 3 aromatic rings. The summed E-state index contributed by atoms with van der Waals surface area (Å²) in [5.74, 6) is 0. The van der Waals surface area contributed by atoms with E-state index in [1.165, 1.54) is 22.7 Å². The molecule has 0 aliphatic rings. The van der Waals surface area contributed by atoms with E-state index in [9.17, 15) is 8.42 Å². The van der Waals surface area contributed by atoms with Crippen LogP contribution in [0.5, 0.6) is 0 Å². The van der Waals surface area contributed by atoms with Crippen LogP contribution in [0.15, 0.2) is 27.9 Å². The minimum Gasteiger partial charge on any atom is -0.223 e. The molecule has 0 aliphatic heterocycles. The Bertz CT molecular complexity index is 770. The normalized spacial score (nSPS) is 12.3. The van der Waals surface area contributed by atoms with Crippen molar-refractivity contribution in [3.63, 3.8) is 0 Å². The monoisotopic (exact) mass is 314 g/mol. The van der Waals surface area contributed by atoms with Crippen LogP contribution in [0.4, 0.5) is 0 Å². The first kappa shape index (κ1) is 12.7. The molecule has 9 heteroatoms. The Morgan fingerprint density at radius 1 is 1.47 bits per heavy atom. The molecule has 6 nitrogen and oxygen atoms in total. The highest BCUT2D eigenvalue weighted by molar-refractivity contribution is 7.91. The molecule has 1 N–H and O–H groups in total. The van der Waals surface area contributed by atoms with Gasteiger partial charge in [0, 0.05) is 0 Å². The number of fused-ring (bicyclic) bond motifs is 1. The average molecular weight is 314 g/mol. The van der Waals surface area contributed by atoms with Crippen LogP contribution in [0.1, 0.15) is 10.7 Å². The predicted octanol–water partition coefficient (Wildman–Crippen LogP) is 1.64. The van der Waals surface area contributed by atoms with Crippen molar-refractivity contribution in [2.45, 2.75) is 17.7 Å². The second-order valence-electron chi connectivity index (χ2n) is 3.86. The number of hydrogen-bond acceptors (Lipinski definition) is 6. The third-order valence-electron chi connectivity index (χ3n) is 2.38. The Labute approximate surface area is 117 Å². The fourth-order valence-corrected chi connectivity index (χ4v) is 4.54. The molecule has 19 heavy (non-hydrogen) atoms. The van der Waals surface area contributed by atoms with Crippen LogP contribution in [-0.4, -0.2) is 23.0 Å². The van der Waals surface area contributed by atoms with Gasteiger partial charge < -0.3 is 0 Å². The minimum atomic E-state index is -3.44. The Kier molecular flexibility index (Phi) is 3.13. The third-order valence-corrected chi connectivity index (χ3v) is 6.10. The molecule has 0 atom stereocenters. The summed E-state index contributed by atoms with van der Waals surface area (Å²) in [5.41, 5.74) is 0.893. The zero-order chi connectivity index (χ0) is 13.5. The number of sulfonamides is 1. The predicted molar refractivity (Wildman–Crippen MR) is 73.9 cm³/mol. The van der Waals surface area contributed by atoms with Gasteiger partial charge in [-0.1, -0.05) is 17.4 Å². The first-order chi connectivity index (χ1) is 9.04. The van der Waals surface area contributed by atoms with Crippen molar-refractivity contribution in [2.24, 2.45) is 0 Å². The minimum absolute atomic E-state index is 0.174. The van der Waals surface area contributed by atoms with Crippen molar-refractivity contribution in [1.82, 2.24) is 19.3 Å². The van der Waals surface area contributed by atoms with Gasteiger partial charge in [-0.3, -0.25) is 0 Å². The average Bonchev–Trinajstić information content (AvgIpc) is 3.00. The van der Waals surface area contributed by atoms with Gasteiger partial charge in [0.2, 0.25) is 15.0 Å². The van der Waals surface area contributed by atoms with E-state index in [2.05, 4.69) is 14.8 Å². The van der Waals surface area contributed by atoms with Crippen LogP contribution in [-0.2, 0) is 16.6 Å². The lowest BCUT2D eigenvalue weighted by molar-refractivity contribution is 0.583. The number of aromatic nitrogens is 3. The molecule has 0 fully saturated rings.